The number of amides is 1. The third-order valence-corrected chi connectivity index (χ3v) is 2.40. The molecule has 7 heteroatoms. The maximum atomic E-state index is 11.8. The largest absolute Gasteiger partial charge is 0.348 e. The lowest BCUT2D eigenvalue weighted by Crippen LogP contribution is -2.38. The first-order chi connectivity index (χ1) is 7.97. The molecule has 0 bridgehead atoms. The second-order valence-electron chi connectivity index (χ2n) is 3.84. The molecular formula is C11H16ClN3O3. The van der Waals surface area contributed by atoms with Gasteiger partial charge in [-0.15, -0.1) is 12.4 Å². The van der Waals surface area contributed by atoms with Crippen molar-refractivity contribution in [3.8, 4) is 0 Å². The summed E-state index contributed by atoms with van der Waals surface area (Å²) in [5.41, 5.74) is 5.75. The van der Waals surface area contributed by atoms with Gasteiger partial charge in [-0.1, -0.05) is 12.1 Å². The van der Waals surface area contributed by atoms with Crippen LogP contribution in [0.1, 0.15) is 22.8 Å². The molecule has 1 atom stereocenters. The fourth-order valence-electron chi connectivity index (χ4n) is 1.44. The van der Waals surface area contributed by atoms with Gasteiger partial charge in [0.25, 0.3) is 11.6 Å². The summed E-state index contributed by atoms with van der Waals surface area (Å²) in [6.07, 6.45) is 0. The standard InChI is InChI=1S/C11H15N3O3.ClH/c1-7-4-3-5-9(10(7)14(16)17)11(15)13-8(2)6-12;/h3-5,8H,6,12H2,1-2H3,(H,13,15);1H/t8-;/m0./s1. The molecule has 0 aliphatic heterocycles. The van der Waals surface area contributed by atoms with Crippen molar-refractivity contribution < 1.29 is 9.72 Å². The molecule has 0 aliphatic carbocycles. The Labute approximate surface area is 111 Å². The maximum Gasteiger partial charge on any atom is 0.285 e. The molecule has 0 unspecified atom stereocenters. The number of carbonyl (C=O) groups excluding carboxylic acids is 1. The van der Waals surface area contributed by atoms with E-state index in [1.165, 1.54) is 6.07 Å². The lowest BCUT2D eigenvalue weighted by atomic mass is 10.1. The van der Waals surface area contributed by atoms with E-state index in [9.17, 15) is 14.9 Å². The molecule has 0 aliphatic rings. The zero-order chi connectivity index (χ0) is 13.0. The average molecular weight is 274 g/mol. The molecule has 0 heterocycles. The van der Waals surface area contributed by atoms with Crippen LogP contribution in [0, 0.1) is 17.0 Å². The molecule has 3 N–H and O–H groups in total. The molecule has 0 fully saturated rings. The van der Waals surface area contributed by atoms with Crippen LogP contribution in [0.3, 0.4) is 0 Å². The molecule has 0 saturated heterocycles. The molecule has 18 heavy (non-hydrogen) atoms. The summed E-state index contributed by atoms with van der Waals surface area (Å²) in [6, 6.07) is 4.43. The van der Waals surface area contributed by atoms with E-state index in [-0.39, 0.29) is 36.2 Å². The van der Waals surface area contributed by atoms with Crippen molar-refractivity contribution in [3.05, 3.63) is 39.4 Å². The van der Waals surface area contributed by atoms with Crippen LogP contribution in [0.15, 0.2) is 18.2 Å². The minimum Gasteiger partial charge on any atom is -0.348 e. The highest BCUT2D eigenvalue weighted by Crippen LogP contribution is 2.22. The van der Waals surface area contributed by atoms with Crippen LogP contribution in [0.25, 0.3) is 0 Å². The fourth-order valence-corrected chi connectivity index (χ4v) is 1.44. The van der Waals surface area contributed by atoms with E-state index in [4.69, 9.17) is 5.73 Å². The van der Waals surface area contributed by atoms with Gasteiger partial charge in [-0.05, 0) is 19.9 Å². The number of nitrogens with one attached hydrogen (secondary N) is 1. The van der Waals surface area contributed by atoms with Gasteiger partial charge in [0.2, 0.25) is 0 Å². The first kappa shape index (κ1) is 16.3. The number of hydrogen-bond donors (Lipinski definition) is 2. The Morgan fingerprint density at radius 1 is 1.56 bits per heavy atom. The number of para-hydroxylation sites is 1. The van der Waals surface area contributed by atoms with Crippen molar-refractivity contribution in [1.29, 1.82) is 0 Å². The van der Waals surface area contributed by atoms with Crippen molar-refractivity contribution >= 4 is 24.0 Å². The zero-order valence-corrected chi connectivity index (χ0v) is 11.0. The van der Waals surface area contributed by atoms with Gasteiger partial charge in [0.1, 0.15) is 5.56 Å². The number of nitro benzene ring substituents is 1. The number of nitrogens with zero attached hydrogens (tertiary/aromatic N) is 1. The number of aryl methyl sites for hydroxylation is 1. The Bertz CT molecular complexity index is 451. The summed E-state index contributed by atoms with van der Waals surface area (Å²) in [4.78, 5) is 22.2. The number of nitrogens with two attached hydrogens (primary N) is 1. The lowest BCUT2D eigenvalue weighted by Gasteiger charge is -2.11. The lowest BCUT2D eigenvalue weighted by molar-refractivity contribution is -0.385. The number of halogens is 1. The second-order valence-corrected chi connectivity index (χ2v) is 3.84. The molecule has 0 spiro atoms. The highest BCUT2D eigenvalue weighted by molar-refractivity contribution is 5.98. The van der Waals surface area contributed by atoms with E-state index in [0.717, 1.165) is 0 Å². The monoisotopic (exact) mass is 273 g/mol. The minimum absolute atomic E-state index is 0. The van der Waals surface area contributed by atoms with Gasteiger partial charge in [0, 0.05) is 18.2 Å². The van der Waals surface area contributed by atoms with Crippen molar-refractivity contribution in [2.75, 3.05) is 6.54 Å². The van der Waals surface area contributed by atoms with E-state index in [1.54, 1.807) is 26.0 Å². The van der Waals surface area contributed by atoms with Gasteiger partial charge in [0.05, 0.1) is 4.92 Å². The molecule has 1 aromatic rings. The van der Waals surface area contributed by atoms with E-state index in [1.807, 2.05) is 0 Å². The highest BCUT2D eigenvalue weighted by atomic mass is 35.5. The van der Waals surface area contributed by atoms with Gasteiger partial charge in [-0.25, -0.2) is 0 Å². The van der Waals surface area contributed by atoms with E-state index < -0.39 is 10.8 Å². The number of nitro groups is 1. The minimum atomic E-state index is -0.544. The van der Waals surface area contributed by atoms with Gasteiger partial charge in [-0.3, -0.25) is 14.9 Å². The molecule has 1 aromatic carbocycles. The van der Waals surface area contributed by atoms with E-state index in [0.29, 0.717) is 5.56 Å². The summed E-state index contributed by atoms with van der Waals surface area (Å²) >= 11 is 0. The molecule has 1 rings (SSSR count). The molecule has 0 saturated carbocycles. The summed E-state index contributed by atoms with van der Waals surface area (Å²) in [6.45, 7) is 3.62. The van der Waals surface area contributed by atoms with Crippen molar-refractivity contribution in [1.82, 2.24) is 5.32 Å². The Kier molecular flexibility index (Phi) is 6.29. The number of hydrogen-bond acceptors (Lipinski definition) is 4. The molecule has 100 valence electrons. The third-order valence-electron chi connectivity index (χ3n) is 2.40. The topological polar surface area (TPSA) is 98.3 Å². The van der Waals surface area contributed by atoms with Crippen molar-refractivity contribution in [3.63, 3.8) is 0 Å². The summed E-state index contributed by atoms with van der Waals surface area (Å²) in [7, 11) is 0. The zero-order valence-electron chi connectivity index (χ0n) is 10.2. The molecule has 6 nitrogen and oxygen atoms in total. The summed E-state index contributed by atoms with van der Waals surface area (Å²) < 4.78 is 0. The Hall–Kier alpha value is -1.66. The first-order valence-electron chi connectivity index (χ1n) is 5.22. The van der Waals surface area contributed by atoms with Crippen LogP contribution < -0.4 is 11.1 Å². The van der Waals surface area contributed by atoms with E-state index >= 15 is 0 Å². The number of carbonyl (C=O) groups is 1. The SMILES string of the molecule is Cc1cccc(C(=O)N[C@@H](C)CN)c1[N+](=O)[O-].Cl. The predicted octanol–water partition coefficient (Wildman–Crippen LogP) is 1.40. The first-order valence-corrected chi connectivity index (χ1v) is 5.22. The maximum absolute atomic E-state index is 11.8. The molecule has 0 aromatic heterocycles. The van der Waals surface area contributed by atoms with Gasteiger partial charge in [0.15, 0.2) is 0 Å². The summed E-state index contributed by atoms with van der Waals surface area (Å²) in [5, 5.41) is 13.5. The van der Waals surface area contributed by atoms with Crippen molar-refractivity contribution in [2.24, 2.45) is 5.73 Å². The Morgan fingerprint density at radius 3 is 2.67 bits per heavy atom. The van der Waals surface area contributed by atoms with Crippen LogP contribution in [0.2, 0.25) is 0 Å². The summed E-state index contributed by atoms with van der Waals surface area (Å²) in [5.74, 6) is -0.474. The van der Waals surface area contributed by atoms with Crippen molar-refractivity contribution in [2.45, 2.75) is 19.9 Å². The predicted molar refractivity (Wildman–Crippen MR) is 71.1 cm³/mol. The third kappa shape index (κ3) is 3.68. The van der Waals surface area contributed by atoms with Crippen LogP contribution in [-0.4, -0.2) is 23.4 Å². The van der Waals surface area contributed by atoms with Crippen LogP contribution >= 0.6 is 12.4 Å². The van der Waals surface area contributed by atoms with Gasteiger partial charge in [-0.2, -0.15) is 0 Å². The highest BCUT2D eigenvalue weighted by Gasteiger charge is 2.22. The quantitative estimate of drug-likeness (QED) is 0.640. The molecule has 1 amide bonds. The molecule has 0 radical (unpaired) electrons. The number of rotatable bonds is 4. The second kappa shape index (κ2) is 6.93. The van der Waals surface area contributed by atoms with Gasteiger partial charge >= 0.3 is 0 Å². The fraction of sp³-hybridized carbons (Fsp3) is 0.364. The average Bonchev–Trinajstić information content (AvgIpc) is 2.27. The van der Waals surface area contributed by atoms with Crippen LogP contribution in [-0.2, 0) is 0 Å². The Morgan fingerprint density at radius 2 is 2.17 bits per heavy atom. The van der Waals surface area contributed by atoms with Crippen LogP contribution in [0.4, 0.5) is 5.69 Å². The normalized spacial score (nSPS) is 11.3. The smallest absolute Gasteiger partial charge is 0.285 e. The number of benzene rings is 1. The van der Waals surface area contributed by atoms with Gasteiger partial charge < -0.3 is 11.1 Å². The van der Waals surface area contributed by atoms with Crippen LogP contribution in [0.5, 0.6) is 0 Å². The Balaban J connectivity index is 0.00000289. The van der Waals surface area contributed by atoms with E-state index in [2.05, 4.69) is 5.32 Å². The molecular weight excluding hydrogens is 258 g/mol.